The second kappa shape index (κ2) is 5.70. The number of nitrogens with one attached hydrogen (secondary N) is 1. The van der Waals surface area contributed by atoms with Gasteiger partial charge in [-0.15, -0.1) is 0 Å². The first-order valence-electron chi connectivity index (χ1n) is 6.37. The largest absolute Gasteiger partial charge is 0.371 e. The molecule has 1 fully saturated rings. The lowest BCUT2D eigenvalue weighted by molar-refractivity contribution is -0.138. The van der Waals surface area contributed by atoms with Crippen molar-refractivity contribution in [1.82, 2.24) is 4.90 Å². The number of benzene rings is 1. The zero-order valence-corrected chi connectivity index (χ0v) is 11.0. The summed E-state index contributed by atoms with van der Waals surface area (Å²) in [6, 6.07) is 5.03. The molecule has 0 aliphatic carbocycles. The highest BCUT2D eigenvalue weighted by molar-refractivity contribution is 6.06. The van der Waals surface area contributed by atoms with E-state index in [0.717, 1.165) is 6.07 Å². The lowest BCUT2D eigenvalue weighted by atomic mass is 10.2. The summed E-state index contributed by atoms with van der Waals surface area (Å²) < 4.78 is 13.7. The zero-order valence-electron chi connectivity index (χ0n) is 11.0. The molecule has 0 aromatic heterocycles. The maximum Gasteiger partial charge on any atom is 0.252 e. The van der Waals surface area contributed by atoms with Gasteiger partial charge in [-0.05, 0) is 24.6 Å². The van der Waals surface area contributed by atoms with Crippen molar-refractivity contribution in [1.29, 1.82) is 5.26 Å². The van der Waals surface area contributed by atoms with Crippen molar-refractivity contribution in [3.05, 3.63) is 29.6 Å². The van der Waals surface area contributed by atoms with Gasteiger partial charge in [0.05, 0.1) is 23.7 Å². The van der Waals surface area contributed by atoms with E-state index < -0.39 is 11.9 Å². The molecule has 104 valence electrons. The van der Waals surface area contributed by atoms with Crippen LogP contribution in [0.15, 0.2) is 18.2 Å². The Morgan fingerprint density at radius 3 is 2.85 bits per heavy atom. The van der Waals surface area contributed by atoms with Crippen molar-refractivity contribution >= 4 is 17.5 Å². The fourth-order valence-electron chi connectivity index (χ4n) is 2.14. The average Bonchev–Trinajstić information content (AvgIpc) is 2.69. The lowest BCUT2D eigenvalue weighted by Gasteiger charge is -2.15. The molecule has 0 spiro atoms. The standard InChI is InChI=1S/C14H14FN3O2/c1-2-5-18-13(19)7-12(14(18)20)17-11-4-3-9(8-16)6-10(11)15/h3-4,6,12,17H,2,5,7H2,1H3. The maximum atomic E-state index is 13.7. The van der Waals surface area contributed by atoms with Crippen molar-refractivity contribution in [2.75, 3.05) is 11.9 Å². The number of amides is 2. The second-order valence-corrected chi connectivity index (χ2v) is 4.59. The number of hydrogen-bond acceptors (Lipinski definition) is 4. The number of hydrogen-bond donors (Lipinski definition) is 1. The Kier molecular flexibility index (Phi) is 3.99. The van der Waals surface area contributed by atoms with Gasteiger partial charge in [-0.25, -0.2) is 4.39 Å². The predicted octanol–water partition coefficient (Wildman–Crippen LogP) is 1.65. The van der Waals surface area contributed by atoms with E-state index >= 15 is 0 Å². The van der Waals surface area contributed by atoms with E-state index in [1.165, 1.54) is 17.0 Å². The van der Waals surface area contributed by atoms with Crippen LogP contribution in [0, 0.1) is 17.1 Å². The van der Waals surface area contributed by atoms with Crippen molar-refractivity contribution in [2.24, 2.45) is 0 Å². The summed E-state index contributed by atoms with van der Waals surface area (Å²) in [4.78, 5) is 24.9. The van der Waals surface area contributed by atoms with E-state index in [9.17, 15) is 14.0 Å². The molecule has 5 nitrogen and oxygen atoms in total. The first kappa shape index (κ1) is 14.0. The topological polar surface area (TPSA) is 73.2 Å². The third-order valence-electron chi connectivity index (χ3n) is 3.12. The van der Waals surface area contributed by atoms with E-state index in [0.29, 0.717) is 13.0 Å². The van der Waals surface area contributed by atoms with Crippen molar-refractivity contribution in [3.8, 4) is 6.07 Å². The number of carbonyl (C=O) groups excluding carboxylic acids is 2. The van der Waals surface area contributed by atoms with E-state index in [4.69, 9.17) is 5.26 Å². The average molecular weight is 275 g/mol. The summed E-state index contributed by atoms with van der Waals surface area (Å²) in [6.07, 6.45) is 0.716. The minimum atomic E-state index is -0.739. The molecule has 1 N–H and O–H groups in total. The molecule has 1 heterocycles. The monoisotopic (exact) mass is 275 g/mol. The van der Waals surface area contributed by atoms with Crippen LogP contribution in [0.5, 0.6) is 0 Å². The van der Waals surface area contributed by atoms with Crippen LogP contribution in [0.25, 0.3) is 0 Å². The predicted molar refractivity (Wildman–Crippen MR) is 70.2 cm³/mol. The minimum Gasteiger partial charge on any atom is -0.371 e. The maximum absolute atomic E-state index is 13.7. The van der Waals surface area contributed by atoms with E-state index in [2.05, 4.69) is 5.32 Å². The molecule has 2 amide bonds. The van der Waals surface area contributed by atoms with E-state index in [1.54, 1.807) is 0 Å². The normalized spacial score (nSPS) is 18.2. The number of rotatable bonds is 4. The number of nitrogens with zero attached hydrogens (tertiary/aromatic N) is 2. The van der Waals surface area contributed by atoms with Crippen LogP contribution in [0.4, 0.5) is 10.1 Å². The molecular formula is C14H14FN3O2. The number of anilines is 1. The van der Waals surface area contributed by atoms with Gasteiger partial charge in [0.2, 0.25) is 5.91 Å². The molecule has 1 aromatic carbocycles. The SMILES string of the molecule is CCCN1C(=O)CC(Nc2ccc(C#N)cc2F)C1=O. The molecule has 0 radical (unpaired) electrons. The Morgan fingerprint density at radius 2 is 2.25 bits per heavy atom. The van der Waals surface area contributed by atoms with Crippen LogP contribution in [-0.4, -0.2) is 29.3 Å². The summed E-state index contributed by atoms with van der Waals surface area (Å²) in [6.45, 7) is 2.26. The Labute approximate surface area is 116 Å². The first-order chi connectivity index (χ1) is 9.56. The fourth-order valence-corrected chi connectivity index (χ4v) is 2.14. The number of likely N-dealkylation sites (tertiary alicyclic amines) is 1. The number of halogens is 1. The summed E-state index contributed by atoms with van der Waals surface area (Å²) >= 11 is 0. The van der Waals surface area contributed by atoms with Crippen molar-refractivity contribution in [2.45, 2.75) is 25.8 Å². The molecule has 1 aliphatic heterocycles. The molecular weight excluding hydrogens is 261 g/mol. The van der Waals surface area contributed by atoms with Crippen molar-refractivity contribution in [3.63, 3.8) is 0 Å². The Hall–Kier alpha value is -2.42. The Morgan fingerprint density at radius 1 is 1.50 bits per heavy atom. The van der Waals surface area contributed by atoms with Crippen LogP contribution in [-0.2, 0) is 9.59 Å². The van der Waals surface area contributed by atoms with Gasteiger partial charge in [0.25, 0.3) is 5.91 Å². The highest BCUT2D eigenvalue weighted by Crippen LogP contribution is 2.21. The van der Waals surface area contributed by atoms with E-state index in [-0.39, 0.29) is 29.5 Å². The fraction of sp³-hybridized carbons (Fsp3) is 0.357. The summed E-state index contributed by atoms with van der Waals surface area (Å²) in [7, 11) is 0. The third kappa shape index (κ3) is 2.62. The molecule has 20 heavy (non-hydrogen) atoms. The molecule has 1 atom stereocenters. The summed E-state index contributed by atoms with van der Waals surface area (Å²) in [5.41, 5.74) is 0.322. The number of imide groups is 1. The van der Waals surface area contributed by atoms with Gasteiger partial charge in [0.15, 0.2) is 0 Å². The first-order valence-corrected chi connectivity index (χ1v) is 6.37. The Bertz CT molecular complexity index is 595. The van der Waals surface area contributed by atoms with Crippen LogP contribution in [0.1, 0.15) is 25.3 Å². The van der Waals surface area contributed by atoms with Gasteiger partial charge < -0.3 is 5.32 Å². The van der Waals surface area contributed by atoms with Gasteiger partial charge >= 0.3 is 0 Å². The molecule has 1 unspecified atom stereocenters. The number of carbonyl (C=O) groups is 2. The van der Waals surface area contributed by atoms with Crippen LogP contribution < -0.4 is 5.32 Å². The summed E-state index contributed by atoms with van der Waals surface area (Å²) in [5, 5.41) is 11.4. The quantitative estimate of drug-likeness (QED) is 0.848. The molecule has 1 aliphatic rings. The van der Waals surface area contributed by atoms with Crippen LogP contribution >= 0.6 is 0 Å². The van der Waals surface area contributed by atoms with Crippen LogP contribution in [0.2, 0.25) is 0 Å². The minimum absolute atomic E-state index is 0.0261. The Balaban J connectivity index is 2.13. The van der Waals surface area contributed by atoms with Gasteiger partial charge in [-0.3, -0.25) is 14.5 Å². The van der Waals surface area contributed by atoms with Gasteiger partial charge in [-0.1, -0.05) is 6.92 Å². The molecule has 0 bridgehead atoms. The number of nitriles is 1. The van der Waals surface area contributed by atoms with E-state index in [1.807, 2.05) is 13.0 Å². The smallest absolute Gasteiger partial charge is 0.252 e. The highest BCUT2D eigenvalue weighted by Gasteiger charge is 2.38. The molecule has 1 aromatic rings. The van der Waals surface area contributed by atoms with Gasteiger partial charge in [0, 0.05) is 6.54 Å². The molecule has 2 rings (SSSR count). The summed E-state index contributed by atoms with van der Waals surface area (Å²) in [5.74, 6) is -1.19. The lowest BCUT2D eigenvalue weighted by Crippen LogP contribution is -2.35. The molecule has 1 saturated heterocycles. The highest BCUT2D eigenvalue weighted by atomic mass is 19.1. The van der Waals surface area contributed by atoms with Gasteiger partial charge in [-0.2, -0.15) is 5.26 Å². The van der Waals surface area contributed by atoms with Crippen molar-refractivity contribution < 1.29 is 14.0 Å². The van der Waals surface area contributed by atoms with Gasteiger partial charge in [0.1, 0.15) is 11.9 Å². The molecule has 6 heteroatoms. The second-order valence-electron chi connectivity index (χ2n) is 4.59. The molecule has 0 saturated carbocycles. The third-order valence-corrected chi connectivity index (χ3v) is 3.12. The zero-order chi connectivity index (χ0) is 14.7. The van der Waals surface area contributed by atoms with Crippen LogP contribution in [0.3, 0.4) is 0 Å².